The van der Waals surface area contributed by atoms with Crippen molar-refractivity contribution < 1.29 is 13.6 Å². The first-order valence-electron chi connectivity index (χ1n) is 11.4. The van der Waals surface area contributed by atoms with Gasteiger partial charge in [0.1, 0.15) is 5.69 Å². The number of benzene rings is 3. The van der Waals surface area contributed by atoms with Gasteiger partial charge in [0.05, 0.1) is 30.2 Å². The van der Waals surface area contributed by atoms with Crippen molar-refractivity contribution >= 4 is 11.6 Å². The lowest BCUT2D eigenvalue weighted by atomic mass is 9.97. The fourth-order valence-electron chi connectivity index (χ4n) is 4.21. The van der Waals surface area contributed by atoms with Gasteiger partial charge < -0.3 is 15.2 Å². The molecule has 2 N–H and O–H groups in total. The minimum absolute atomic E-state index is 0.0627. The van der Waals surface area contributed by atoms with Crippen molar-refractivity contribution in [2.75, 3.05) is 11.4 Å². The van der Waals surface area contributed by atoms with Crippen LogP contribution in [0, 0.1) is 23.0 Å². The first-order valence-corrected chi connectivity index (χ1v) is 11.4. The molecule has 0 bridgehead atoms. The van der Waals surface area contributed by atoms with Gasteiger partial charge in [-0.05, 0) is 47.7 Å². The number of anilines is 1. The second-order valence-corrected chi connectivity index (χ2v) is 8.53. The summed E-state index contributed by atoms with van der Waals surface area (Å²) in [6.07, 6.45) is 4.61. The molecule has 36 heavy (non-hydrogen) atoms. The molecule has 0 spiro atoms. The number of carbonyl (C=O) groups is 1. The van der Waals surface area contributed by atoms with Gasteiger partial charge in [-0.2, -0.15) is 5.26 Å². The monoisotopic (exact) mass is 485 g/mol. The molecule has 0 saturated carbocycles. The SMILES string of the molecule is Cn1cncc1CN(CCCc1ccc(-c2ccccc2C(N)=O)cc1)c1c(F)cc(C#N)cc1F. The standard InChI is InChI=1S/C28H25F2N5O/c1-34-18-33-16-22(34)17-35(27-25(29)13-20(15-31)14-26(27)30)12-4-5-19-8-10-21(11-9-19)23-6-2-3-7-24(23)28(32)36/h2-3,6-11,13-14,16,18H,4-5,12,17H2,1H3,(H2,32,36). The molecule has 182 valence electrons. The molecule has 8 heteroatoms. The average molecular weight is 486 g/mol. The van der Waals surface area contributed by atoms with Crippen molar-refractivity contribution in [3.05, 3.63) is 107 Å². The summed E-state index contributed by atoms with van der Waals surface area (Å²) in [6, 6.07) is 18.9. The molecule has 1 amide bonds. The van der Waals surface area contributed by atoms with Crippen molar-refractivity contribution in [1.29, 1.82) is 5.26 Å². The van der Waals surface area contributed by atoms with E-state index in [9.17, 15) is 13.6 Å². The summed E-state index contributed by atoms with van der Waals surface area (Å²) >= 11 is 0. The van der Waals surface area contributed by atoms with Crippen LogP contribution in [0.3, 0.4) is 0 Å². The third kappa shape index (κ3) is 5.41. The first kappa shape index (κ1) is 24.6. The lowest BCUT2D eigenvalue weighted by Crippen LogP contribution is -2.27. The fraction of sp³-hybridized carbons (Fsp3) is 0.179. The average Bonchev–Trinajstić information content (AvgIpc) is 3.27. The molecule has 0 aliphatic heterocycles. The quantitative estimate of drug-likeness (QED) is 0.362. The van der Waals surface area contributed by atoms with Crippen molar-refractivity contribution in [2.24, 2.45) is 12.8 Å². The first-order chi connectivity index (χ1) is 17.4. The lowest BCUT2D eigenvalue weighted by molar-refractivity contribution is 0.100. The van der Waals surface area contributed by atoms with Crippen LogP contribution in [0.2, 0.25) is 0 Å². The number of carbonyl (C=O) groups excluding carboxylic acids is 1. The molecule has 1 heterocycles. The Labute approximate surface area is 208 Å². The summed E-state index contributed by atoms with van der Waals surface area (Å²) in [4.78, 5) is 17.5. The molecule has 4 rings (SSSR count). The molecule has 3 aromatic carbocycles. The Kier molecular flexibility index (Phi) is 7.40. The fourth-order valence-corrected chi connectivity index (χ4v) is 4.21. The second-order valence-electron chi connectivity index (χ2n) is 8.53. The number of aryl methyl sites for hydroxylation is 2. The van der Waals surface area contributed by atoms with Crippen LogP contribution in [0.25, 0.3) is 11.1 Å². The minimum Gasteiger partial charge on any atom is -0.366 e. The maximum absolute atomic E-state index is 14.8. The molecule has 6 nitrogen and oxygen atoms in total. The van der Waals surface area contributed by atoms with E-state index in [2.05, 4.69) is 4.98 Å². The second kappa shape index (κ2) is 10.8. The number of primary amides is 1. The van der Waals surface area contributed by atoms with E-state index >= 15 is 0 Å². The van der Waals surface area contributed by atoms with Crippen LogP contribution in [0.5, 0.6) is 0 Å². The van der Waals surface area contributed by atoms with Crippen molar-refractivity contribution in [2.45, 2.75) is 19.4 Å². The number of aromatic nitrogens is 2. The Balaban J connectivity index is 1.50. The lowest BCUT2D eigenvalue weighted by Gasteiger charge is -2.26. The molecule has 0 aliphatic rings. The predicted molar refractivity (Wildman–Crippen MR) is 134 cm³/mol. The Hall–Kier alpha value is -4.51. The number of nitrogens with two attached hydrogens (primary N) is 1. The summed E-state index contributed by atoms with van der Waals surface area (Å²) in [5, 5.41) is 9.03. The number of imidazole rings is 1. The highest BCUT2D eigenvalue weighted by atomic mass is 19.1. The number of hydrogen-bond donors (Lipinski definition) is 1. The van der Waals surface area contributed by atoms with E-state index in [0.29, 0.717) is 24.9 Å². The molecule has 4 aromatic rings. The van der Waals surface area contributed by atoms with Gasteiger partial charge in [-0.1, -0.05) is 42.5 Å². The number of amides is 1. The zero-order chi connectivity index (χ0) is 25.7. The van der Waals surface area contributed by atoms with Crippen LogP contribution in [0.1, 0.15) is 33.6 Å². The smallest absolute Gasteiger partial charge is 0.249 e. The zero-order valence-electron chi connectivity index (χ0n) is 19.8. The largest absolute Gasteiger partial charge is 0.366 e. The van der Waals surface area contributed by atoms with Crippen LogP contribution in [-0.2, 0) is 20.0 Å². The number of nitriles is 1. The predicted octanol–water partition coefficient (Wildman–Crippen LogP) is 4.98. The van der Waals surface area contributed by atoms with Crippen LogP contribution >= 0.6 is 0 Å². The van der Waals surface area contributed by atoms with E-state index in [1.54, 1.807) is 40.2 Å². The van der Waals surface area contributed by atoms with Crippen molar-refractivity contribution in [3.63, 3.8) is 0 Å². The molecular formula is C28H25F2N5O. The summed E-state index contributed by atoms with van der Waals surface area (Å²) in [6.45, 7) is 0.649. The summed E-state index contributed by atoms with van der Waals surface area (Å²) in [5.74, 6) is -2.03. The third-order valence-corrected chi connectivity index (χ3v) is 6.08. The van der Waals surface area contributed by atoms with Crippen LogP contribution in [-0.4, -0.2) is 22.0 Å². The highest BCUT2D eigenvalue weighted by Crippen LogP contribution is 2.28. The molecule has 0 unspecified atom stereocenters. The van der Waals surface area contributed by atoms with Crippen molar-refractivity contribution in [1.82, 2.24) is 9.55 Å². The molecule has 0 saturated heterocycles. The highest BCUT2D eigenvalue weighted by Gasteiger charge is 2.20. The van der Waals surface area contributed by atoms with Gasteiger partial charge in [0.2, 0.25) is 5.91 Å². The molecule has 0 aliphatic carbocycles. The van der Waals surface area contributed by atoms with Gasteiger partial charge in [-0.15, -0.1) is 0 Å². The third-order valence-electron chi connectivity index (χ3n) is 6.08. The summed E-state index contributed by atoms with van der Waals surface area (Å²) in [5.41, 5.74) is 9.24. The van der Waals surface area contributed by atoms with Crippen LogP contribution < -0.4 is 10.6 Å². The number of nitrogens with zero attached hydrogens (tertiary/aromatic N) is 4. The maximum Gasteiger partial charge on any atom is 0.249 e. The van der Waals surface area contributed by atoms with E-state index < -0.39 is 17.5 Å². The van der Waals surface area contributed by atoms with Crippen LogP contribution in [0.15, 0.2) is 73.2 Å². The summed E-state index contributed by atoms with van der Waals surface area (Å²) in [7, 11) is 1.82. The number of hydrogen-bond acceptors (Lipinski definition) is 4. The molecule has 0 fully saturated rings. The van der Waals surface area contributed by atoms with Gasteiger partial charge in [0.25, 0.3) is 0 Å². The summed E-state index contributed by atoms with van der Waals surface area (Å²) < 4.78 is 31.5. The topological polar surface area (TPSA) is 87.9 Å². The maximum atomic E-state index is 14.8. The molecule has 0 atom stereocenters. The Morgan fingerprint density at radius 1 is 1.11 bits per heavy atom. The zero-order valence-corrected chi connectivity index (χ0v) is 19.8. The molecular weight excluding hydrogens is 460 g/mol. The van der Waals surface area contributed by atoms with E-state index in [1.165, 1.54) is 0 Å². The Bertz CT molecular complexity index is 1400. The van der Waals surface area contributed by atoms with E-state index in [-0.39, 0.29) is 17.8 Å². The van der Waals surface area contributed by atoms with Crippen molar-refractivity contribution in [3.8, 4) is 17.2 Å². The van der Waals surface area contributed by atoms with Crippen LogP contribution in [0.4, 0.5) is 14.5 Å². The minimum atomic E-state index is -0.772. The van der Waals surface area contributed by atoms with E-state index in [0.717, 1.165) is 34.5 Å². The van der Waals surface area contributed by atoms with Gasteiger partial charge in [0.15, 0.2) is 11.6 Å². The van der Waals surface area contributed by atoms with E-state index in [4.69, 9.17) is 11.0 Å². The number of halogens is 2. The highest BCUT2D eigenvalue weighted by molar-refractivity contribution is 5.99. The van der Waals surface area contributed by atoms with Gasteiger partial charge in [-0.3, -0.25) is 4.79 Å². The number of rotatable bonds is 9. The Morgan fingerprint density at radius 3 is 2.42 bits per heavy atom. The molecule has 0 radical (unpaired) electrons. The van der Waals surface area contributed by atoms with Gasteiger partial charge in [-0.25, -0.2) is 13.8 Å². The molecule has 1 aromatic heterocycles. The van der Waals surface area contributed by atoms with E-state index in [1.807, 2.05) is 43.4 Å². The van der Waals surface area contributed by atoms with Gasteiger partial charge >= 0.3 is 0 Å². The van der Waals surface area contributed by atoms with Gasteiger partial charge in [0, 0.05) is 25.4 Å². The normalized spacial score (nSPS) is 10.7. The Morgan fingerprint density at radius 2 is 1.81 bits per heavy atom.